The van der Waals surface area contributed by atoms with E-state index in [9.17, 15) is 14.7 Å². The van der Waals surface area contributed by atoms with Gasteiger partial charge in [-0.3, -0.25) is 4.79 Å². The Morgan fingerprint density at radius 2 is 1.59 bits per heavy atom. The predicted octanol–water partition coefficient (Wildman–Crippen LogP) is 3.68. The molecule has 0 atom stereocenters. The van der Waals surface area contributed by atoms with Crippen LogP contribution in [0, 0.1) is 6.92 Å². The van der Waals surface area contributed by atoms with Crippen LogP contribution >= 0.6 is 0 Å². The van der Waals surface area contributed by atoms with Crippen molar-refractivity contribution in [1.82, 2.24) is 0 Å². The van der Waals surface area contributed by atoms with Crippen LogP contribution in [0.25, 0.3) is 0 Å². The maximum absolute atomic E-state index is 13.7. The van der Waals surface area contributed by atoms with Crippen LogP contribution in [0.4, 0.5) is 0 Å². The van der Waals surface area contributed by atoms with Crippen LogP contribution in [0.3, 0.4) is 0 Å². The molecule has 0 bridgehead atoms. The Kier molecular flexibility index (Phi) is 7.80. The van der Waals surface area contributed by atoms with Gasteiger partial charge in [0.15, 0.2) is 23.0 Å². The third-order valence-electron chi connectivity index (χ3n) is 5.28. The number of Topliss-reactive ketones (excluding diaryl/α,β-unsaturated/α-hetero) is 1. The molecule has 3 rings (SSSR count). The topological polar surface area (TPSA) is 110 Å². The van der Waals surface area contributed by atoms with Crippen LogP contribution in [0.5, 0.6) is 23.0 Å². The van der Waals surface area contributed by atoms with Crippen molar-refractivity contribution < 1.29 is 43.4 Å². The van der Waals surface area contributed by atoms with Crippen LogP contribution in [0.1, 0.15) is 21.5 Å². The lowest BCUT2D eigenvalue weighted by atomic mass is 9.91. The van der Waals surface area contributed by atoms with E-state index in [1.807, 2.05) is 0 Å². The lowest BCUT2D eigenvalue weighted by molar-refractivity contribution is -0.231. The van der Waals surface area contributed by atoms with Gasteiger partial charge >= 0.3 is 5.97 Å². The quantitative estimate of drug-likeness (QED) is 0.316. The van der Waals surface area contributed by atoms with Gasteiger partial charge in [0.1, 0.15) is 17.9 Å². The molecule has 0 saturated heterocycles. The van der Waals surface area contributed by atoms with E-state index in [1.54, 1.807) is 37.3 Å². The van der Waals surface area contributed by atoms with Crippen molar-refractivity contribution in [3.63, 3.8) is 0 Å². The van der Waals surface area contributed by atoms with Gasteiger partial charge in [-0.1, -0.05) is 0 Å². The highest BCUT2D eigenvalue weighted by Gasteiger charge is 2.29. The van der Waals surface area contributed by atoms with E-state index in [1.165, 1.54) is 34.5 Å². The zero-order valence-corrected chi connectivity index (χ0v) is 19.6. The first-order chi connectivity index (χ1) is 16.3. The van der Waals surface area contributed by atoms with Gasteiger partial charge in [-0.2, -0.15) is 4.89 Å². The molecule has 1 heterocycles. The second-order valence-corrected chi connectivity index (χ2v) is 7.32. The van der Waals surface area contributed by atoms with Crippen LogP contribution in [-0.2, 0) is 21.0 Å². The summed E-state index contributed by atoms with van der Waals surface area (Å²) >= 11 is 0. The summed E-state index contributed by atoms with van der Waals surface area (Å²) in [6.45, 7) is 1.87. The molecule has 0 spiro atoms. The molecule has 0 amide bonds. The van der Waals surface area contributed by atoms with Gasteiger partial charge in [0.2, 0.25) is 5.75 Å². The van der Waals surface area contributed by atoms with Gasteiger partial charge in [-0.15, -0.1) is 0 Å². The molecule has 1 N–H and O–H groups in total. The predicted molar refractivity (Wildman–Crippen MR) is 122 cm³/mol. The van der Waals surface area contributed by atoms with Crippen molar-refractivity contribution in [2.45, 2.75) is 13.3 Å². The second-order valence-electron chi connectivity index (χ2n) is 7.32. The van der Waals surface area contributed by atoms with Crippen molar-refractivity contribution in [2.75, 3.05) is 35.0 Å². The van der Waals surface area contributed by atoms with E-state index in [2.05, 4.69) is 0 Å². The minimum Gasteiger partial charge on any atom is -0.496 e. The van der Waals surface area contributed by atoms with Gasteiger partial charge in [0, 0.05) is 17.6 Å². The largest absolute Gasteiger partial charge is 0.496 e. The molecule has 9 heteroatoms. The zero-order valence-electron chi connectivity index (χ0n) is 19.6. The summed E-state index contributed by atoms with van der Waals surface area (Å²) in [4.78, 5) is 35.9. The summed E-state index contributed by atoms with van der Waals surface area (Å²) in [5.74, 6) is -0.0916. The molecule has 1 aliphatic heterocycles. The Morgan fingerprint density at radius 1 is 0.941 bits per heavy atom. The minimum atomic E-state index is -1.32. The third kappa shape index (κ3) is 4.99. The van der Waals surface area contributed by atoms with E-state index in [4.69, 9.17) is 28.7 Å². The molecule has 0 unspecified atom stereocenters. The molecule has 0 saturated carbocycles. The monoisotopic (exact) mass is 470 g/mol. The van der Waals surface area contributed by atoms with E-state index in [0.717, 1.165) is 5.56 Å². The maximum atomic E-state index is 13.7. The molecule has 0 aromatic heterocycles. The average molecular weight is 470 g/mol. The fourth-order valence-corrected chi connectivity index (χ4v) is 3.69. The Labute approximate surface area is 197 Å². The Balaban J connectivity index is 2.19. The molecule has 34 heavy (non-hydrogen) atoms. The summed E-state index contributed by atoms with van der Waals surface area (Å²) in [5, 5.41) is 10.0. The lowest BCUT2D eigenvalue weighted by Gasteiger charge is -2.16. The van der Waals surface area contributed by atoms with E-state index in [-0.39, 0.29) is 29.9 Å². The number of ether oxygens (including phenoxy) is 4. The van der Waals surface area contributed by atoms with Crippen molar-refractivity contribution in [3.8, 4) is 23.0 Å². The number of carbonyl (C=O) groups is 2. The summed E-state index contributed by atoms with van der Waals surface area (Å²) in [6, 6.07) is 8.22. The molecule has 2 aromatic rings. The van der Waals surface area contributed by atoms with Gasteiger partial charge < -0.3 is 28.9 Å². The highest BCUT2D eigenvalue weighted by atomic mass is 17.2. The van der Waals surface area contributed by atoms with Crippen molar-refractivity contribution in [1.29, 1.82) is 0 Å². The van der Waals surface area contributed by atoms with Crippen LogP contribution in [0.15, 0.2) is 53.3 Å². The summed E-state index contributed by atoms with van der Waals surface area (Å²) in [6.07, 6.45) is 1.41. The zero-order chi connectivity index (χ0) is 24.8. The standard InChI is InChI=1S/C25H26O9/c1-14-10-16(6-7-18(14)29-2)23(26)17(22(25(27)28)19-8-9-33-34-19)11-15-12-20(30-3)24(32-5)21(13-15)31-4/h6-8,10,12-13H,9,11H2,1-5H3,(H,27,28). The molecule has 180 valence electrons. The summed E-state index contributed by atoms with van der Waals surface area (Å²) < 4.78 is 21.4. The number of rotatable bonds is 10. The van der Waals surface area contributed by atoms with Crippen LogP contribution in [0.2, 0.25) is 0 Å². The molecule has 1 aliphatic rings. The van der Waals surface area contributed by atoms with Gasteiger partial charge in [-0.25, -0.2) is 4.79 Å². The Hall–Kier alpha value is -3.98. The number of allylic oxidation sites excluding steroid dienone is 1. The Bertz CT molecular complexity index is 1140. The number of benzene rings is 2. The molecule has 9 nitrogen and oxygen atoms in total. The van der Waals surface area contributed by atoms with E-state index < -0.39 is 11.8 Å². The fourth-order valence-electron chi connectivity index (χ4n) is 3.69. The summed E-state index contributed by atoms with van der Waals surface area (Å²) in [5.41, 5.74) is 1.32. The number of hydrogen-bond donors (Lipinski definition) is 1. The maximum Gasteiger partial charge on any atom is 0.340 e. The van der Waals surface area contributed by atoms with E-state index in [0.29, 0.717) is 34.1 Å². The number of carboxylic acid groups (broad SMARTS) is 1. The smallest absolute Gasteiger partial charge is 0.340 e. The van der Waals surface area contributed by atoms with Crippen LogP contribution < -0.4 is 18.9 Å². The lowest BCUT2D eigenvalue weighted by Crippen LogP contribution is -2.16. The number of carboxylic acids is 1. The number of hydrogen-bond acceptors (Lipinski definition) is 8. The number of aliphatic carboxylic acids is 1. The number of aryl methyl sites for hydroxylation is 1. The molecular formula is C25H26O9. The first kappa shape index (κ1) is 24.7. The van der Waals surface area contributed by atoms with Gasteiger partial charge in [0.05, 0.1) is 28.4 Å². The molecule has 0 fully saturated rings. The normalized spacial score (nSPS) is 13.4. The molecule has 0 aliphatic carbocycles. The average Bonchev–Trinajstić information content (AvgIpc) is 3.36. The summed E-state index contributed by atoms with van der Waals surface area (Å²) in [7, 11) is 5.96. The minimum absolute atomic E-state index is 0.00286. The first-order valence-electron chi connectivity index (χ1n) is 10.3. The number of methoxy groups -OCH3 is 4. The second kappa shape index (κ2) is 10.8. The fraction of sp³-hybridized carbons (Fsp3) is 0.280. The first-order valence-corrected chi connectivity index (χ1v) is 10.3. The van der Waals surface area contributed by atoms with Crippen molar-refractivity contribution >= 4 is 11.8 Å². The van der Waals surface area contributed by atoms with Gasteiger partial charge in [0.25, 0.3) is 0 Å². The van der Waals surface area contributed by atoms with Gasteiger partial charge in [-0.05, 0) is 54.5 Å². The van der Waals surface area contributed by atoms with Crippen molar-refractivity contribution in [3.05, 3.63) is 70.0 Å². The SMILES string of the molecule is COc1ccc(C(=O)C(Cc2cc(OC)c(OC)c(OC)c2)=C(C(=O)O)C2=CCOO2)cc1C. The van der Waals surface area contributed by atoms with Crippen LogP contribution in [-0.4, -0.2) is 51.9 Å². The number of carbonyl (C=O) groups excluding carboxylic acids is 1. The molecule has 2 aromatic carbocycles. The van der Waals surface area contributed by atoms with E-state index >= 15 is 0 Å². The number of ketones is 1. The Morgan fingerprint density at radius 3 is 2.06 bits per heavy atom. The highest BCUT2D eigenvalue weighted by molar-refractivity contribution is 6.14. The third-order valence-corrected chi connectivity index (χ3v) is 5.28. The van der Waals surface area contributed by atoms with Crippen molar-refractivity contribution in [2.24, 2.45) is 0 Å². The molecular weight excluding hydrogens is 444 g/mol. The highest BCUT2D eigenvalue weighted by Crippen LogP contribution is 2.39. The molecule has 0 radical (unpaired) electrons.